The summed E-state index contributed by atoms with van der Waals surface area (Å²) in [7, 11) is 0. The van der Waals surface area contributed by atoms with E-state index in [2.05, 4.69) is 9.97 Å². The number of esters is 1. The number of rotatable bonds is 4. The first-order chi connectivity index (χ1) is 9.19. The fourth-order valence-electron chi connectivity index (χ4n) is 1.94. The van der Waals surface area contributed by atoms with Crippen molar-refractivity contribution in [1.29, 1.82) is 0 Å². The van der Waals surface area contributed by atoms with Crippen LogP contribution in [0.4, 0.5) is 0 Å². The van der Waals surface area contributed by atoms with Crippen molar-refractivity contribution in [3.05, 3.63) is 29.6 Å². The molecule has 0 unspecified atom stereocenters. The molecule has 0 N–H and O–H groups in total. The van der Waals surface area contributed by atoms with E-state index in [1.54, 1.807) is 31.1 Å². The molecule has 0 amide bonds. The highest BCUT2D eigenvalue weighted by Crippen LogP contribution is 2.29. The van der Waals surface area contributed by atoms with Crippen LogP contribution < -0.4 is 0 Å². The molecule has 2 heterocycles. The minimum absolute atomic E-state index is 0.304. The van der Waals surface area contributed by atoms with Gasteiger partial charge in [0.15, 0.2) is 0 Å². The first-order valence-electron chi connectivity index (χ1n) is 6.23. The average Bonchev–Trinajstić information content (AvgIpc) is 2.39. The van der Waals surface area contributed by atoms with Gasteiger partial charge < -0.3 is 4.74 Å². The third-order valence-electron chi connectivity index (χ3n) is 2.78. The van der Waals surface area contributed by atoms with Gasteiger partial charge in [0.2, 0.25) is 0 Å². The molecule has 5 heteroatoms. The van der Waals surface area contributed by atoms with E-state index in [4.69, 9.17) is 4.74 Å². The van der Waals surface area contributed by atoms with Crippen molar-refractivity contribution in [3.63, 3.8) is 0 Å². The SMILES string of the molecule is CCOC(=O)c1c(SCC)nc2cnccc2c1C. The Morgan fingerprint density at radius 1 is 1.42 bits per heavy atom. The number of ether oxygens (including phenoxy) is 1. The fourth-order valence-corrected chi connectivity index (χ4v) is 2.75. The summed E-state index contributed by atoms with van der Waals surface area (Å²) in [6.07, 6.45) is 3.43. The average molecular weight is 276 g/mol. The van der Waals surface area contributed by atoms with Crippen LogP contribution in [0.1, 0.15) is 29.8 Å². The largest absolute Gasteiger partial charge is 0.462 e. The third-order valence-corrected chi connectivity index (χ3v) is 3.63. The van der Waals surface area contributed by atoms with Gasteiger partial charge in [0, 0.05) is 11.6 Å². The van der Waals surface area contributed by atoms with Crippen LogP contribution in [0.2, 0.25) is 0 Å². The summed E-state index contributed by atoms with van der Waals surface area (Å²) in [5.41, 5.74) is 2.29. The van der Waals surface area contributed by atoms with Crippen LogP contribution in [0.25, 0.3) is 10.9 Å². The molecule has 4 nitrogen and oxygen atoms in total. The van der Waals surface area contributed by atoms with Gasteiger partial charge in [-0.2, -0.15) is 0 Å². The van der Waals surface area contributed by atoms with Gasteiger partial charge in [-0.15, -0.1) is 11.8 Å². The number of nitrogens with zero attached hydrogens (tertiary/aromatic N) is 2. The highest BCUT2D eigenvalue weighted by molar-refractivity contribution is 7.99. The first kappa shape index (κ1) is 13.8. The Balaban J connectivity index is 2.67. The van der Waals surface area contributed by atoms with E-state index >= 15 is 0 Å². The summed E-state index contributed by atoms with van der Waals surface area (Å²) in [6, 6.07) is 1.88. The van der Waals surface area contributed by atoms with Crippen molar-refractivity contribution in [1.82, 2.24) is 9.97 Å². The minimum atomic E-state index is -0.304. The maximum atomic E-state index is 12.1. The monoisotopic (exact) mass is 276 g/mol. The second kappa shape index (κ2) is 6.02. The molecule has 100 valence electrons. The highest BCUT2D eigenvalue weighted by Gasteiger charge is 2.19. The van der Waals surface area contributed by atoms with Crippen molar-refractivity contribution >= 4 is 28.6 Å². The summed E-state index contributed by atoms with van der Waals surface area (Å²) >= 11 is 1.55. The van der Waals surface area contributed by atoms with Gasteiger partial charge >= 0.3 is 5.97 Å². The van der Waals surface area contributed by atoms with Crippen LogP contribution >= 0.6 is 11.8 Å². The molecule has 0 aliphatic heterocycles. The normalized spacial score (nSPS) is 10.7. The summed E-state index contributed by atoms with van der Waals surface area (Å²) in [6.45, 7) is 6.13. The van der Waals surface area contributed by atoms with E-state index in [1.165, 1.54) is 0 Å². The number of thioether (sulfide) groups is 1. The predicted octanol–water partition coefficient (Wildman–Crippen LogP) is 3.23. The number of aryl methyl sites for hydroxylation is 1. The molecule has 0 fully saturated rings. The molecule has 0 spiro atoms. The lowest BCUT2D eigenvalue weighted by atomic mass is 10.1. The second-order valence-corrected chi connectivity index (χ2v) is 5.22. The molecule has 0 atom stereocenters. The fraction of sp³-hybridized carbons (Fsp3) is 0.357. The maximum Gasteiger partial charge on any atom is 0.341 e. The zero-order valence-corrected chi connectivity index (χ0v) is 12.1. The van der Waals surface area contributed by atoms with Gasteiger partial charge in [0.05, 0.1) is 23.9 Å². The molecule has 0 aliphatic carbocycles. The van der Waals surface area contributed by atoms with Crippen LogP contribution in [-0.2, 0) is 4.74 Å². The summed E-state index contributed by atoms with van der Waals surface area (Å²) in [5.74, 6) is 0.548. The van der Waals surface area contributed by atoms with Gasteiger partial charge in [-0.3, -0.25) is 4.98 Å². The molecule has 0 bridgehead atoms. The van der Waals surface area contributed by atoms with E-state index in [1.807, 2.05) is 19.9 Å². The molecule has 0 radical (unpaired) electrons. The summed E-state index contributed by atoms with van der Waals surface area (Å²) < 4.78 is 5.14. The zero-order chi connectivity index (χ0) is 13.8. The topological polar surface area (TPSA) is 52.1 Å². The summed E-state index contributed by atoms with van der Waals surface area (Å²) in [4.78, 5) is 20.7. The molecule has 19 heavy (non-hydrogen) atoms. The van der Waals surface area contributed by atoms with Crippen LogP contribution in [0.5, 0.6) is 0 Å². The predicted molar refractivity (Wildman–Crippen MR) is 76.6 cm³/mol. The Bertz CT molecular complexity index is 614. The molecule has 0 aliphatic rings. The Morgan fingerprint density at radius 3 is 2.89 bits per heavy atom. The quantitative estimate of drug-likeness (QED) is 0.634. The smallest absolute Gasteiger partial charge is 0.341 e. The first-order valence-corrected chi connectivity index (χ1v) is 7.21. The number of carbonyl (C=O) groups is 1. The van der Waals surface area contributed by atoms with E-state index in [0.29, 0.717) is 12.2 Å². The van der Waals surface area contributed by atoms with E-state index < -0.39 is 0 Å². The third kappa shape index (κ3) is 2.71. The number of fused-ring (bicyclic) bond motifs is 1. The Hall–Kier alpha value is -1.62. The van der Waals surface area contributed by atoms with E-state index in [-0.39, 0.29) is 5.97 Å². The molecule has 0 aromatic carbocycles. The van der Waals surface area contributed by atoms with Gasteiger partial charge in [-0.1, -0.05) is 6.92 Å². The number of pyridine rings is 2. The van der Waals surface area contributed by atoms with Crippen molar-refractivity contribution in [2.45, 2.75) is 25.8 Å². The lowest BCUT2D eigenvalue weighted by Crippen LogP contribution is -2.10. The van der Waals surface area contributed by atoms with Crippen LogP contribution in [0, 0.1) is 6.92 Å². The van der Waals surface area contributed by atoms with Gasteiger partial charge in [0.25, 0.3) is 0 Å². The molecular formula is C14H16N2O2S. The lowest BCUT2D eigenvalue weighted by molar-refractivity contribution is 0.0521. The van der Waals surface area contributed by atoms with Crippen molar-refractivity contribution < 1.29 is 9.53 Å². The zero-order valence-electron chi connectivity index (χ0n) is 11.3. The van der Waals surface area contributed by atoms with E-state index in [0.717, 1.165) is 27.2 Å². The lowest BCUT2D eigenvalue weighted by Gasteiger charge is -2.12. The van der Waals surface area contributed by atoms with E-state index in [9.17, 15) is 4.79 Å². The van der Waals surface area contributed by atoms with Gasteiger partial charge in [-0.05, 0) is 31.2 Å². The van der Waals surface area contributed by atoms with Crippen molar-refractivity contribution in [2.75, 3.05) is 12.4 Å². The molecule has 2 aromatic heterocycles. The molecule has 0 saturated heterocycles. The Kier molecular flexibility index (Phi) is 4.37. The summed E-state index contributed by atoms with van der Waals surface area (Å²) in [5, 5.41) is 1.66. The number of hydrogen-bond donors (Lipinski definition) is 0. The second-order valence-electron chi connectivity index (χ2n) is 3.96. The minimum Gasteiger partial charge on any atom is -0.462 e. The molecular weight excluding hydrogens is 260 g/mol. The number of hydrogen-bond acceptors (Lipinski definition) is 5. The Morgan fingerprint density at radius 2 is 2.21 bits per heavy atom. The van der Waals surface area contributed by atoms with Crippen molar-refractivity contribution in [2.24, 2.45) is 0 Å². The van der Waals surface area contributed by atoms with Crippen LogP contribution in [0.3, 0.4) is 0 Å². The van der Waals surface area contributed by atoms with Crippen LogP contribution in [0.15, 0.2) is 23.5 Å². The van der Waals surface area contributed by atoms with Gasteiger partial charge in [-0.25, -0.2) is 9.78 Å². The Labute approximate surface area is 116 Å². The maximum absolute atomic E-state index is 12.1. The molecule has 2 rings (SSSR count). The van der Waals surface area contributed by atoms with Gasteiger partial charge in [0.1, 0.15) is 5.03 Å². The molecule has 0 saturated carbocycles. The standard InChI is InChI=1S/C14H16N2O2S/c1-4-18-14(17)12-9(3)10-6-7-15-8-11(10)16-13(12)19-5-2/h6-8H,4-5H2,1-3H3. The van der Waals surface area contributed by atoms with Crippen LogP contribution in [-0.4, -0.2) is 28.3 Å². The molecule has 2 aromatic rings. The number of carbonyl (C=O) groups excluding carboxylic acids is 1. The van der Waals surface area contributed by atoms with Crippen molar-refractivity contribution in [3.8, 4) is 0 Å². The number of aromatic nitrogens is 2. The highest BCUT2D eigenvalue weighted by atomic mass is 32.2.